The Morgan fingerprint density at radius 2 is 2.10 bits per heavy atom. The molecule has 1 atom stereocenters. The number of fused-ring (bicyclic) bond motifs is 1. The minimum absolute atomic E-state index is 0.0442. The van der Waals surface area contributed by atoms with Crippen molar-refractivity contribution in [2.75, 3.05) is 12.3 Å². The topological polar surface area (TPSA) is 105 Å². The number of aromatic nitrogens is 1. The zero-order valence-electron chi connectivity index (χ0n) is 11.0. The van der Waals surface area contributed by atoms with Crippen molar-refractivity contribution in [3.63, 3.8) is 0 Å². The van der Waals surface area contributed by atoms with Gasteiger partial charge < -0.3 is 16.2 Å². The van der Waals surface area contributed by atoms with Crippen molar-refractivity contribution in [1.82, 2.24) is 10.3 Å². The number of nitrogens with two attached hydrogens (primary N) is 1. The van der Waals surface area contributed by atoms with Crippen LogP contribution in [0.2, 0.25) is 0 Å². The Morgan fingerprint density at radius 1 is 1.40 bits per heavy atom. The Morgan fingerprint density at radius 3 is 2.80 bits per heavy atom. The molecule has 1 aromatic heterocycles. The van der Waals surface area contributed by atoms with Gasteiger partial charge in [-0.05, 0) is 12.1 Å². The Hall–Kier alpha value is -2.63. The summed E-state index contributed by atoms with van der Waals surface area (Å²) in [5, 5.41) is 12.1. The van der Waals surface area contributed by atoms with Crippen LogP contribution in [0.5, 0.6) is 0 Å². The van der Waals surface area contributed by atoms with E-state index < -0.39 is 17.8 Å². The van der Waals surface area contributed by atoms with E-state index in [2.05, 4.69) is 10.3 Å². The quantitative estimate of drug-likeness (QED) is 0.778. The van der Waals surface area contributed by atoms with Crippen molar-refractivity contribution in [2.45, 2.75) is 6.92 Å². The lowest BCUT2D eigenvalue weighted by atomic mass is 10.1. The van der Waals surface area contributed by atoms with Gasteiger partial charge in [0.05, 0.1) is 11.4 Å². The van der Waals surface area contributed by atoms with Gasteiger partial charge in [0.2, 0.25) is 0 Å². The lowest BCUT2D eigenvalue weighted by Crippen LogP contribution is -2.32. The molecule has 0 fully saturated rings. The molecular weight excluding hydrogens is 258 g/mol. The summed E-state index contributed by atoms with van der Waals surface area (Å²) < 4.78 is 0. The van der Waals surface area contributed by atoms with Crippen LogP contribution in [-0.4, -0.2) is 28.5 Å². The predicted octanol–water partition coefficient (Wildman–Crippen LogP) is 1.27. The van der Waals surface area contributed by atoms with E-state index in [9.17, 15) is 9.59 Å². The number of carboxylic acids is 1. The number of nitrogens with one attached hydrogen (secondary N) is 1. The first-order valence-corrected chi connectivity index (χ1v) is 6.15. The van der Waals surface area contributed by atoms with E-state index in [0.717, 1.165) is 5.39 Å². The zero-order chi connectivity index (χ0) is 14.7. The largest absolute Gasteiger partial charge is 0.481 e. The summed E-state index contributed by atoms with van der Waals surface area (Å²) in [6.07, 6.45) is 0. The number of amides is 1. The van der Waals surface area contributed by atoms with Crippen LogP contribution in [0.1, 0.15) is 17.4 Å². The van der Waals surface area contributed by atoms with Crippen LogP contribution in [0.15, 0.2) is 30.3 Å². The maximum atomic E-state index is 11.9. The second-order valence-corrected chi connectivity index (χ2v) is 4.56. The number of rotatable bonds is 4. The highest BCUT2D eigenvalue weighted by molar-refractivity contribution is 5.99. The van der Waals surface area contributed by atoms with Crippen LogP contribution in [0.25, 0.3) is 10.9 Å². The number of nitrogens with zero attached hydrogens (tertiary/aromatic N) is 1. The van der Waals surface area contributed by atoms with Gasteiger partial charge in [-0.2, -0.15) is 0 Å². The van der Waals surface area contributed by atoms with Crippen LogP contribution in [0, 0.1) is 5.92 Å². The molecule has 6 heteroatoms. The molecule has 0 aliphatic carbocycles. The smallest absolute Gasteiger partial charge is 0.308 e. The van der Waals surface area contributed by atoms with Crippen molar-refractivity contribution in [2.24, 2.45) is 5.92 Å². The van der Waals surface area contributed by atoms with Crippen LogP contribution in [0.4, 0.5) is 5.69 Å². The normalized spacial score (nSPS) is 12.1. The average molecular weight is 273 g/mol. The number of pyridine rings is 1. The van der Waals surface area contributed by atoms with E-state index in [-0.39, 0.29) is 12.2 Å². The maximum Gasteiger partial charge on any atom is 0.308 e. The molecule has 1 unspecified atom stereocenters. The van der Waals surface area contributed by atoms with Gasteiger partial charge in [-0.25, -0.2) is 4.98 Å². The van der Waals surface area contributed by atoms with E-state index in [1.54, 1.807) is 6.07 Å². The summed E-state index contributed by atoms with van der Waals surface area (Å²) in [6, 6.07) is 8.73. The van der Waals surface area contributed by atoms with Gasteiger partial charge >= 0.3 is 5.97 Å². The first-order chi connectivity index (χ1) is 9.49. The molecule has 0 spiro atoms. The summed E-state index contributed by atoms with van der Waals surface area (Å²) in [5.41, 5.74) is 7.16. The number of carbonyl (C=O) groups excluding carboxylic acids is 1. The Kier molecular flexibility index (Phi) is 3.84. The number of benzene rings is 1. The lowest BCUT2D eigenvalue weighted by Gasteiger charge is -2.09. The van der Waals surface area contributed by atoms with Crippen LogP contribution in [-0.2, 0) is 4.79 Å². The monoisotopic (exact) mass is 273 g/mol. The van der Waals surface area contributed by atoms with E-state index in [0.29, 0.717) is 11.2 Å². The highest BCUT2D eigenvalue weighted by Crippen LogP contribution is 2.19. The lowest BCUT2D eigenvalue weighted by molar-refractivity contribution is -0.140. The number of carbonyl (C=O) groups is 2. The molecule has 6 nitrogen and oxygen atoms in total. The minimum atomic E-state index is -0.962. The predicted molar refractivity (Wildman–Crippen MR) is 75.3 cm³/mol. The van der Waals surface area contributed by atoms with E-state index in [1.165, 1.54) is 13.0 Å². The third kappa shape index (κ3) is 2.85. The summed E-state index contributed by atoms with van der Waals surface area (Å²) in [6.45, 7) is 1.56. The average Bonchev–Trinajstić information content (AvgIpc) is 2.44. The van der Waals surface area contributed by atoms with Crippen molar-refractivity contribution in [3.05, 3.63) is 36.0 Å². The van der Waals surface area contributed by atoms with Gasteiger partial charge in [-0.15, -0.1) is 0 Å². The van der Waals surface area contributed by atoms with Gasteiger partial charge in [0.1, 0.15) is 5.69 Å². The zero-order valence-corrected chi connectivity index (χ0v) is 11.0. The molecule has 0 bridgehead atoms. The molecule has 20 heavy (non-hydrogen) atoms. The maximum absolute atomic E-state index is 11.9. The van der Waals surface area contributed by atoms with Crippen molar-refractivity contribution in [3.8, 4) is 0 Å². The van der Waals surface area contributed by atoms with E-state index in [4.69, 9.17) is 10.8 Å². The van der Waals surface area contributed by atoms with Gasteiger partial charge in [0, 0.05) is 17.6 Å². The number of carboxylic acid groups (broad SMARTS) is 1. The van der Waals surface area contributed by atoms with E-state index >= 15 is 0 Å². The molecule has 2 rings (SSSR count). The van der Waals surface area contributed by atoms with Crippen molar-refractivity contribution < 1.29 is 14.7 Å². The molecule has 0 saturated heterocycles. The molecule has 1 heterocycles. The van der Waals surface area contributed by atoms with Crippen molar-refractivity contribution >= 4 is 28.5 Å². The molecular formula is C14H15N3O3. The minimum Gasteiger partial charge on any atom is -0.481 e. The number of hydrogen-bond donors (Lipinski definition) is 3. The summed E-state index contributed by atoms with van der Waals surface area (Å²) in [4.78, 5) is 26.9. The second-order valence-electron chi connectivity index (χ2n) is 4.56. The number of hydrogen-bond acceptors (Lipinski definition) is 4. The van der Waals surface area contributed by atoms with E-state index in [1.807, 2.05) is 18.2 Å². The summed E-state index contributed by atoms with van der Waals surface area (Å²) in [5.74, 6) is -2.05. The first-order valence-electron chi connectivity index (χ1n) is 6.15. The number of aliphatic carboxylic acids is 1. The van der Waals surface area contributed by atoms with Gasteiger partial charge in [-0.1, -0.05) is 25.1 Å². The molecule has 2 aromatic rings. The summed E-state index contributed by atoms with van der Waals surface area (Å²) >= 11 is 0. The van der Waals surface area contributed by atoms with Crippen LogP contribution in [0.3, 0.4) is 0 Å². The highest BCUT2D eigenvalue weighted by Gasteiger charge is 2.15. The molecule has 1 aromatic carbocycles. The number of nitrogen functional groups attached to an aromatic ring is 1. The Labute approximate surface area is 115 Å². The molecule has 0 saturated carbocycles. The number of para-hydroxylation sites is 1. The molecule has 1 amide bonds. The third-order valence-electron chi connectivity index (χ3n) is 2.97. The number of anilines is 1. The second kappa shape index (κ2) is 5.56. The Balaban J connectivity index is 2.20. The molecule has 0 aliphatic heterocycles. The SMILES string of the molecule is CC(CNC(=O)c1cc(N)c2ccccc2n1)C(=O)O. The molecule has 0 aliphatic rings. The van der Waals surface area contributed by atoms with Crippen LogP contribution >= 0.6 is 0 Å². The molecule has 104 valence electrons. The van der Waals surface area contributed by atoms with Gasteiger partial charge in [-0.3, -0.25) is 9.59 Å². The fourth-order valence-electron chi connectivity index (χ4n) is 1.74. The highest BCUT2D eigenvalue weighted by atomic mass is 16.4. The standard InChI is InChI=1S/C14H15N3O3/c1-8(14(19)20)7-16-13(18)12-6-10(15)9-4-2-3-5-11(9)17-12/h2-6,8H,7H2,1H3,(H2,15,17)(H,16,18)(H,19,20). The van der Waals surface area contributed by atoms with Crippen LogP contribution < -0.4 is 11.1 Å². The van der Waals surface area contributed by atoms with Gasteiger partial charge in [0.25, 0.3) is 5.91 Å². The van der Waals surface area contributed by atoms with Crippen molar-refractivity contribution in [1.29, 1.82) is 0 Å². The molecule has 4 N–H and O–H groups in total. The Bertz CT molecular complexity index is 670. The third-order valence-corrected chi connectivity index (χ3v) is 2.97. The first kappa shape index (κ1) is 13.8. The molecule has 0 radical (unpaired) electrons. The van der Waals surface area contributed by atoms with Gasteiger partial charge in [0.15, 0.2) is 0 Å². The fourth-order valence-corrected chi connectivity index (χ4v) is 1.74. The summed E-state index contributed by atoms with van der Waals surface area (Å²) in [7, 11) is 0. The fraction of sp³-hybridized carbons (Fsp3) is 0.214.